The van der Waals surface area contributed by atoms with E-state index in [9.17, 15) is 53.0 Å². The van der Waals surface area contributed by atoms with Gasteiger partial charge >= 0.3 is 10.4 Å². The summed E-state index contributed by atoms with van der Waals surface area (Å²) in [6, 6.07) is 5.54. The molecular weight excluding hydrogens is 674 g/mol. The third-order valence-electron chi connectivity index (χ3n) is 4.86. The second kappa shape index (κ2) is 11.5. The van der Waals surface area contributed by atoms with Gasteiger partial charge in [0.2, 0.25) is 0 Å². The summed E-state index contributed by atoms with van der Waals surface area (Å²) in [4.78, 5) is -3.35. The number of nitrogens with zero attached hydrogens (tertiary/aromatic N) is 2. The van der Waals surface area contributed by atoms with Crippen molar-refractivity contribution in [2.75, 3.05) is 18.1 Å². The first-order valence-corrected chi connectivity index (χ1v) is 15.7. The van der Waals surface area contributed by atoms with Crippen LogP contribution in [0.5, 0.6) is 11.5 Å². The zero-order chi connectivity index (χ0) is 29.6. The first-order chi connectivity index (χ1) is 17.7. The molecule has 0 aliphatic rings. The Balaban J connectivity index is 0.00000560. The standard InChI is InChI=1S/C18H17N3O14S4.Cu/c19-10-1-2-12-9(5-10)6-14(37(26,27)28)16(17(12)22)21-20-13-7-11(8-15(18(13)23)38(29,30)31)36(24,25)4-3-35-39(32,33)34;/h1-2,5-8,22-23H,3-4,19H2,(H,26,27,28)(H,29,30,31)(H,32,33,34);. The molecule has 0 bridgehead atoms. The molecule has 3 rings (SSSR count). The molecule has 17 nitrogen and oxygen atoms in total. The normalized spacial score (nSPS) is 13.0. The van der Waals surface area contributed by atoms with Gasteiger partial charge in [0.05, 0.1) is 17.3 Å². The average Bonchev–Trinajstić information content (AvgIpc) is 2.76. The number of anilines is 1. The molecule has 0 saturated heterocycles. The number of azo groups is 1. The molecule has 3 aromatic carbocycles. The van der Waals surface area contributed by atoms with Crippen molar-refractivity contribution in [1.29, 1.82) is 0 Å². The van der Waals surface area contributed by atoms with Gasteiger partial charge in [0.15, 0.2) is 21.3 Å². The summed E-state index contributed by atoms with van der Waals surface area (Å²) in [5, 5.41) is 27.8. The van der Waals surface area contributed by atoms with Gasteiger partial charge in [-0.3, -0.25) is 13.7 Å². The van der Waals surface area contributed by atoms with Gasteiger partial charge in [-0.15, -0.1) is 10.2 Å². The molecular formula is C18H17CuN3O14S4. The predicted molar refractivity (Wildman–Crippen MR) is 131 cm³/mol. The number of hydrogen-bond acceptors (Lipinski definition) is 14. The van der Waals surface area contributed by atoms with Gasteiger partial charge in [0.1, 0.15) is 21.2 Å². The number of rotatable bonds is 9. The molecule has 0 atom stereocenters. The summed E-state index contributed by atoms with van der Waals surface area (Å²) in [6.07, 6.45) is 0. The SMILES string of the molecule is Nc1ccc2c(O)c(N=Nc3cc(S(=O)(=O)CCOS(=O)(=O)O)cc(S(=O)(=O)O)c3O)c(S(=O)(=O)O)cc2c1.[Cu]. The number of sulfone groups is 1. The summed E-state index contributed by atoms with van der Waals surface area (Å²) in [5.74, 6) is -3.36. The molecule has 0 aliphatic carbocycles. The van der Waals surface area contributed by atoms with E-state index in [1.54, 1.807) is 0 Å². The van der Waals surface area contributed by atoms with E-state index in [1.807, 2.05) is 0 Å². The summed E-state index contributed by atoms with van der Waals surface area (Å²) < 4.78 is 125. The van der Waals surface area contributed by atoms with E-state index in [4.69, 9.17) is 10.3 Å². The van der Waals surface area contributed by atoms with Crippen LogP contribution in [0.15, 0.2) is 61.3 Å². The second-order valence-corrected chi connectivity index (χ2v) is 13.5. The molecule has 0 aromatic heterocycles. The summed E-state index contributed by atoms with van der Waals surface area (Å²) in [7, 11) is -20.1. The van der Waals surface area contributed by atoms with Crippen molar-refractivity contribution in [3.05, 3.63) is 36.4 Å². The Labute approximate surface area is 237 Å². The minimum atomic E-state index is -5.32. The molecule has 1 radical (unpaired) electrons. The number of fused-ring (bicyclic) bond motifs is 1. The summed E-state index contributed by atoms with van der Waals surface area (Å²) >= 11 is 0. The minimum absolute atomic E-state index is 0. The number of benzene rings is 3. The molecule has 0 saturated carbocycles. The molecule has 7 N–H and O–H groups in total. The third kappa shape index (κ3) is 7.63. The fraction of sp³-hybridized carbons (Fsp3) is 0.111. The van der Waals surface area contributed by atoms with E-state index in [-0.39, 0.29) is 33.5 Å². The van der Waals surface area contributed by atoms with Gasteiger partial charge in [-0.05, 0) is 41.8 Å². The number of aromatic hydroxyl groups is 2. The summed E-state index contributed by atoms with van der Waals surface area (Å²) in [5.41, 5.74) is 3.91. The second-order valence-electron chi connectivity index (χ2n) is 7.56. The Hall–Kier alpha value is -2.92. The Morgan fingerprint density at radius 3 is 1.93 bits per heavy atom. The number of phenols is 2. The third-order valence-corrected chi connectivity index (χ3v) is 8.72. The molecule has 0 spiro atoms. The molecule has 3 aromatic rings. The predicted octanol–water partition coefficient (Wildman–Crippen LogP) is 1.33. The topological polar surface area (TPSA) is 298 Å². The molecule has 22 heteroatoms. The van der Waals surface area contributed by atoms with Gasteiger partial charge < -0.3 is 15.9 Å². The zero-order valence-corrected chi connectivity index (χ0v) is 23.4. The average molecular weight is 691 g/mol. The maximum absolute atomic E-state index is 12.6. The Morgan fingerprint density at radius 1 is 0.775 bits per heavy atom. The monoisotopic (exact) mass is 690 g/mol. The van der Waals surface area contributed by atoms with Gasteiger partial charge in [-0.2, -0.15) is 25.3 Å². The Morgan fingerprint density at radius 2 is 1.38 bits per heavy atom. The fourth-order valence-electron chi connectivity index (χ4n) is 3.16. The van der Waals surface area contributed by atoms with Gasteiger partial charge in [0.25, 0.3) is 20.2 Å². The van der Waals surface area contributed by atoms with Crippen LogP contribution >= 0.6 is 0 Å². The van der Waals surface area contributed by atoms with Crippen molar-refractivity contribution in [3.8, 4) is 11.5 Å². The van der Waals surface area contributed by atoms with E-state index in [1.165, 1.54) is 18.2 Å². The number of hydrogen-bond donors (Lipinski definition) is 6. The van der Waals surface area contributed by atoms with Crippen molar-refractivity contribution < 1.29 is 78.8 Å². The molecule has 0 fully saturated rings. The van der Waals surface area contributed by atoms with Crippen molar-refractivity contribution in [3.63, 3.8) is 0 Å². The number of nitrogens with two attached hydrogens (primary N) is 1. The largest absolute Gasteiger partial charge is 0.505 e. The molecule has 0 unspecified atom stereocenters. The Bertz CT molecular complexity index is 1960. The summed E-state index contributed by atoms with van der Waals surface area (Å²) in [6.45, 7) is -1.12. The van der Waals surface area contributed by atoms with Crippen molar-refractivity contribution in [2.45, 2.75) is 14.7 Å². The first kappa shape index (κ1) is 33.3. The quantitative estimate of drug-likeness (QED) is 0.0798. The van der Waals surface area contributed by atoms with Crippen LogP contribution in [-0.2, 0) is 61.7 Å². The maximum Gasteiger partial charge on any atom is 0.397 e. The molecule has 0 heterocycles. The van der Waals surface area contributed by atoms with Crippen LogP contribution in [0.25, 0.3) is 10.8 Å². The molecule has 0 aliphatic heterocycles. The first-order valence-electron chi connectivity index (χ1n) is 9.84. The van der Waals surface area contributed by atoms with Crippen molar-refractivity contribution in [2.24, 2.45) is 10.2 Å². The van der Waals surface area contributed by atoms with Crippen molar-refractivity contribution in [1.82, 2.24) is 0 Å². The van der Waals surface area contributed by atoms with Crippen LogP contribution in [0.1, 0.15) is 0 Å². The van der Waals surface area contributed by atoms with E-state index in [2.05, 4.69) is 14.4 Å². The van der Waals surface area contributed by atoms with Crippen LogP contribution in [0.2, 0.25) is 0 Å². The molecule has 40 heavy (non-hydrogen) atoms. The van der Waals surface area contributed by atoms with Gasteiger partial charge in [-0.1, -0.05) is 0 Å². The van der Waals surface area contributed by atoms with Crippen LogP contribution in [0.4, 0.5) is 17.1 Å². The fourth-order valence-corrected chi connectivity index (χ4v) is 6.04. The Kier molecular flexibility index (Phi) is 9.59. The van der Waals surface area contributed by atoms with E-state index < -0.39 is 90.4 Å². The van der Waals surface area contributed by atoms with E-state index in [0.29, 0.717) is 12.1 Å². The number of phenolic OH excluding ortho intramolecular Hbond substituents is 2. The minimum Gasteiger partial charge on any atom is -0.505 e. The zero-order valence-electron chi connectivity index (χ0n) is 19.2. The van der Waals surface area contributed by atoms with E-state index >= 15 is 0 Å². The number of nitrogen functional groups attached to an aromatic ring is 1. The van der Waals surface area contributed by atoms with Gasteiger partial charge in [-0.25, -0.2) is 12.6 Å². The maximum atomic E-state index is 12.6. The van der Waals surface area contributed by atoms with E-state index in [0.717, 1.165) is 6.07 Å². The molecule has 223 valence electrons. The van der Waals surface area contributed by atoms with Crippen LogP contribution in [0, 0.1) is 0 Å². The van der Waals surface area contributed by atoms with Crippen LogP contribution in [-0.4, -0.2) is 69.9 Å². The van der Waals surface area contributed by atoms with Crippen molar-refractivity contribution >= 4 is 68.3 Å². The smallest absolute Gasteiger partial charge is 0.397 e. The van der Waals surface area contributed by atoms with Crippen LogP contribution < -0.4 is 5.73 Å². The van der Waals surface area contributed by atoms with Crippen LogP contribution in [0.3, 0.4) is 0 Å². The molecule has 0 amide bonds. The van der Waals surface area contributed by atoms with Gasteiger partial charge in [0, 0.05) is 28.1 Å².